The van der Waals surface area contributed by atoms with Gasteiger partial charge in [0.2, 0.25) is 0 Å². The molecule has 1 aliphatic carbocycles. The fourth-order valence-electron chi connectivity index (χ4n) is 13.4. The van der Waals surface area contributed by atoms with Gasteiger partial charge in [0.15, 0.2) is 0 Å². The highest BCUT2D eigenvalue weighted by Gasteiger charge is 2.37. The quantitative estimate of drug-likeness (QED) is 0.134. The molecule has 1 aromatic heterocycles. The van der Waals surface area contributed by atoms with E-state index in [1.54, 1.807) is 0 Å². The smallest absolute Gasteiger partial charge is 0.143 e. The van der Waals surface area contributed by atoms with Crippen LogP contribution in [0.25, 0.3) is 110 Å². The lowest BCUT2D eigenvalue weighted by Gasteiger charge is -2.29. The van der Waals surface area contributed by atoms with Gasteiger partial charge in [-0.25, -0.2) is 0 Å². The Morgan fingerprint density at radius 3 is 1.38 bits per heavy atom. The second-order valence-electron chi connectivity index (χ2n) is 22.4. The standard InChI is InChI=1S/C79H54N2O/c1-79(2)74-49-54(61-29-17-30-72-71-28-15-16-31-77(71)82-78(61)72)37-44-68(74)69-45-42-59(50-75(69)79)80(57-38-32-51(33-39-57)53-36-43-67-65-25-10-9-23-63(65)64-24-11-12-26-66(64)73(67)48-53)58-40-34-52(35-41-58)60-46-47-76(70-27-14-13-22-62(60)70)81(55-18-5-3-6-19-55)56-20-7-4-8-21-56/h3-50H,1-2H3. The Morgan fingerprint density at radius 2 is 0.720 bits per heavy atom. The van der Waals surface area contributed by atoms with Gasteiger partial charge in [-0.05, 0) is 173 Å². The number of rotatable bonds is 9. The third-order valence-electron chi connectivity index (χ3n) is 17.4. The first-order chi connectivity index (χ1) is 40.4. The van der Waals surface area contributed by atoms with Crippen molar-refractivity contribution in [1.82, 2.24) is 0 Å². The summed E-state index contributed by atoms with van der Waals surface area (Å²) in [6.45, 7) is 4.76. The summed E-state index contributed by atoms with van der Waals surface area (Å²) in [5.41, 5.74) is 20.3. The molecule has 0 radical (unpaired) electrons. The van der Waals surface area contributed by atoms with Gasteiger partial charge in [-0.3, -0.25) is 0 Å². The molecule has 14 aromatic carbocycles. The summed E-state index contributed by atoms with van der Waals surface area (Å²) < 4.78 is 6.56. The maximum absolute atomic E-state index is 6.56. The van der Waals surface area contributed by atoms with Crippen molar-refractivity contribution in [1.29, 1.82) is 0 Å². The lowest BCUT2D eigenvalue weighted by molar-refractivity contribution is 0.660. The molecule has 0 saturated carbocycles. The van der Waals surface area contributed by atoms with E-state index in [4.69, 9.17) is 4.42 Å². The highest BCUT2D eigenvalue weighted by Crippen LogP contribution is 2.53. The summed E-state index contributed by atoms with van der Waals surface area (Å²) in [4.78, 5) is 4.79. The third kappa shape index (κ3) is 7.58. The van der Waals surface area contributed by atoms with Gasteiger partial charge in [-0.1, -0.05) is 220 Å². The van der Waals surface area contributed by atoms with Crippen molar-refractivity contribution in [3.05, 3.63) is 302 Å². The summed E-state index contributed by atoms with van der Waals surface area (Å²) in [5, 5.41) is 12.3. The molecule has 15 aromatic rings. The Morgan fingerprint density at radius 1 is 0.256 bits per heavy atom. The van der Waals surface area contributed by atoms with Crippen LogP contribution >= 0.6 is 0 Å². The molecule has 0 unspecified atom stereocenters. The first-order valence-corrected chi connectivity index (χ1v) is 28.4. The molecule has 386 valence electrons. The summed E-state index contributed by atoms with van der Waals surface area (Å²) in [7, 11) is 0. The lowest BCUT2D eigenvalue weighted by Crippen LogP contribution is -2.16. The van der Waals surface area contributed by atoms with Crippen molar-refractivity contribution in [3.63, 3.8) is 0 Å². The number of hydrogen-bond donors (Lipinski definition) is 0. The van der Waals surface area contributed by atoms with Crippen molar-refractivity contribution in [2.75, 3.05) is 9.80 Å². The minimum Gasteiger partial charge on any atom is -0.455 e. The third-order valence-corrected chi connectivity index (χ3v) is 17.4. The Bertz CT molecular complexity index is 4920. The minimum absolute atomic E-state index is 0.284. The first-order valence-electron chi connectivity index (χ1n) is 28.4. The summed E-state index contributed by atoms with van der Waals surface area (Å²) >= 11 is 0. The van der Waals surface area contributed by atoms with E-state index in [0.717, 1.165) is 72.8 Å². The van der Waals surface area contributed by atoms with Crippen LogP contribution in [0.4, 0.5) is 34.1 Å². The molecule has 16 rings (SSSR count). The second kappa shape index (κ2) is 18.8. The van der Waals surface area contributed by atoms with Gasteiger partial charge in [0, 0.05) is 55.6 Å². The first kappa shape index (κ1) is 47.5. The molecular formula is C79H54N2O. The average Bonchev–Trinajstić information content (AvgIpc) is 3.88. The molecule has 0 fully saturated rings. The van der Waals surface area contributed by atoms with E-state index in [9.17, 15) is 0 Å². The number of benzene rings is 14. The van der Waals surface area contributed by atoms with Crippen molar-refractivity contribution in [2.45, 2.75) is 19.3 Å². The van der Waals surface area contributed by atoms with Crippen molar-refractivity contribution in [2.24, 2.45) is 0 Å². The van der Waals surface area contributed by atoms with E-state index >= 15 is 0 Å². The van der Waals surface area contributed by atoms with Gasteiger partial charge in [0.05, 0.1) is 5.69 Å². The molecular weight excluding hydrogens is 993 g/mol. The van der Waals surface area contributed by atoms with Crippen LogP contribution in [0.3, 0.4) is 0 Å². The van der Waals surface area contributed by atoms with Gasteiger partial charge < -0.3 is 14.2 Å². The molecule has 0 aliphatic heterocycles. The predicted molar refractivity (Wildman–Crippen MR) is 347 cm³/mol. The van der Waals surface area contributed by atoms with Gasteiger partial charge in [0.1, 0.15) is 11.2 Å². The van der Waals surface area contributed by atoms with E-state index in [0.29, 0.717) is 0 Å². The maximum atomic E-state index is 6.56. The molecule has 3 heteroatoms. The Hall–Kier alpha value is -10.5. The van der Waals surface area contributed by atoms with Crippen LogP contribution in [0.2, 0.25) is 0 Å². The Labute approximate surface area is 476 Å². The number of furan rings is 1. The minimum atomic E-state index is -0.284. The van der Waals surface area contributed by atoms with Gasteiger partial charge in [-0.15, -0.1) is 0 Å². The fraction of sp³-hybridized carbons (Fsp3) is 0.0380. The van der Waals surface area contributed by atoms with E-state index in [2.05, 4.69) is 309 Å². The summed E-state index contributed by atoms with van der Waals surface area (Å²) in [6, 6.07) is 107. The van der Waals surface area contributed by atoms with Crippen LogP contribution in [0.5, 0.6) is 0 Å². The fourth-order valence-corrected chi connectivity index (χ4v) is 13.4. The van der Waals surface area contributed by atoms with Crippen molar-refractivity contribution >= 4 is 99.2 Å². The van der Waals surface area contributed by atoms with Gasteiger partial charge in [-0.2, -0.15) is 0 Å². The maximum Gasteiger partial charge on any atom is 0.143 e. The topological polar surface area (TPSA) is 19.6 Å². The van der Waals surface area contributed by atoms with Crippen LogP contribution in [0, 0.1) is 0 Å². The van der Waals surface area contributed by atoms with E-state index in [-0.39, 0.29) is 5.41 Å². The monoisotopic (exact) mass is 1050 g/mol. The second-order valence-corrected chi connectivity index (χ2v) is 22.4. The zero-order chi connectivity index (χ0) is 54.5. The lowest BCUT2D eigenvalue weighted by atomic mass is 9.81. The zero-order valence-electron chi connectivity index (χ0n) is 45.5. The Balaban J connectivity index is 0.802. The summed E-state index contributed by atoms with van der Waals surface area (Å²) in [6.07, 6.45) is 0. The Kier molecular flexibility index (Phi) is 10.9. The molecule has 0 amide bonds. The SMILES string of the molecule is CC1(C)c2cc(-c3cccc4c3oc3ccccc34)ccc2-c2ccc(N(c3ccc(-c4ccc5c6ccccc6c6ccccc6c5c4)cc3)c3ccc(-c4ccc(N(c5ccccc5)c5ccccc5)c5ccccc45)cc3)cc21. The number of nitrogens with zero attached hydrogens (tertiary/aromatic N) is 2. The largest absolute Gasteiger partial charge is 0.455 e. The van der Waals surface area contributed by atoms with Crippen LogP contribution in [0.15, 0.2) is 296 Å². The highest BCUT2D eigenvalue weighted by molar-refractivity contribution is 6.26. The van der Waals surface area contributed by atoms with Crippen LogP contribution in [-0.4, -0.2) is 0 Å². The van der Waals surface area contributed by atoms with Crippen LogP contribution < -0.4 is 9.80 Å². The van der Waals surface area contributed by atoms with Gasteiger partial charge in [0.25, 0.3) is 0 Å². The van der Waals surface area contributed by atoms with Gasteiger partial charge >= 0.3 is 0 Å². The molecule has 1 heterocycles. The molecule has 82 heavy (non-hydrogen) atoms. The normalized spacial score (nSPS) is 12.6. The molecule has 0 spiro atoms. The average molecular weight is 1050 g/mol. The number of anilines is 6. The highest BCUT2D eigenvalue weighted by atomic mass is 16.3. The number of fused-ring (bicyclic) bond motifs is 13. The van der Waals surface area contributed by atoms with Crippen molar-refractivity contribution in [3.8, 4) is 44.5 Å². The molecule has 1 aliphatic rings. The number of hydrogen-bond acceptors (Lipinski definition) is 3. The van der Waals surface area contributed by atoms with E-state index in [1.165, 1.54) is 82.0 Å². The molecule has 0 saturated heterocycles. The molecule has 0 bridgehead atoms. The van der Waals surface area contributed by atoms with E-state index < -0.39 is 0 Å². The zero-order valence-corrected chi connectivity index (χ0v) is 45.5. The molecule has 3 nitrogen and oxygen atoms in total. The van der Waals surface area contributed by atoms with Crippen LogP contribution in [-0.2, 0) is 5.41 Å². The van der Waals surface area contributed by atoms with Crippen LogP contribution in [0.1, 0.15) is 25.0 Å². The molecule has 0 atom stereocenters. The van der Waals surface area contributed by atoms with E-state index in [1.807, 2.05) is 6.07 Å². The van der Waals surface area contributed by atoms with Crippen molar-refractivity contribution < 1.29 is 4.42 Å². The predicted octanol–water partition coefficient (Wildman–Crippen LogP) is 22.4. The molecule has 0 N–H and O–H groups in total. The summed E-state index contributed by atoms with van der Waals surface area (Å²) in [5.74, 6) is 0. The number of para-hydroxylation sites is 4.